The second kappa shape index (κ2) is 4.22. The third-order valence-electron chi connectivity index (χ3n) is 4.46. The van der Waals surface area contributed by atoms with Gasteiger partial charge in [-0.05, 0) is 36.5 Å². The van der Waals surface area contributed by atoms with Gasteiger partial charge in [0.15, 0.2) is 11.5 Å². The molecule has 3 heterocycles. The molecule has 17 heavy (non-hydrogen) atoms. The fourth-order valence-electron chi connectivity index (χ4n) is 3.47. The smallest absolute Gasteiger partial charge is 0.157 e. The zero-order valence-electron chi connectivity index (χ0n) is 10.0. The Balaban J connectivity index is 1.72. The van der Waals surface area contributed by atoms with Crippen LogP contribution < -0.4 is 4.90 Å². The summed E-state index contributed by atoms with van der Waals surface area (Å²) >= 11 is 0. The normalized spacial score (nSPS) is 31.6. The van der Waals surface area contributed by atoms with Gasteiger partial charge in [0.1, 0.15) is 0 Å². The molecule has 1 aromatic carbocycles. The van der Waals surface area contributed by atoms with E-state index in [-0.39, 0.29) is 11.5 Å². The number of quaternary nitrogens is 1. The van der Waals surface area contributed by atoms with E-state index in [0.29, 0.717) is 6.04 Å². The lowest BCUT2D eigenvalue weighted by Gasteiger charge is -2.42. The van der Waals surface area contributed by atoms with E-state index in [9.17, 15) is 10.2 Å². The van der Waals surface area contributed by atoms with Crippen molar-refractivity contribution in [1.82, 2.24) is 0 Å². The summed E-state index contributed by atoms with van der Waals surface area (Å²) < 4.78 is 0. The number of aromatic hydroxyl groups is 2. The Hall–Kier alpha value is -1.22. The van der Waals surface area contributed by atoms with E-state index in [1.807, 2.05) is 6.07 Å². The van der Waals surface area contributed by atoms with Crippen LogP contribution in [-0.2, 0) is 6.42 Å². The van der Waals surface area contributed by atoms with Crippen LogP contribution in [0.15, 0.2) is 18.2 Å². The monoisotopic (exact) mass is 234 g/mol. The molecule has 1 aromatic rings. The summed E-state index contributed by atoms with van der Waals surface area (Å²) in [6.07, 6.45) is 5.15. The van der Waals surface area contributed by atoms with Gasteiger partial charge in [0.2, 0.25) is 0 Å². The van der Waals surface area contributed by atoms with Gasteiger partial charge in [0.05, 0.1) is 19.1 Å². The van der Waals surface area contributed by atoms with Crippen molar-refractivity contribution in [3.05, 3.63) is 23.8 Å². The third kappa shape index (κ3) is 2.12. The van der Waals surface area contributed by atoms with Gasteiger partial charge in [0.25, 0.3) is 0 Å². The molecule has 3 fully saturated rings. The van der Waals surface area contributed by atoms with E-state index in [0.717, 1.165) is 17.9 Å². The van der Waals surface area contributed by atoms with Crippen molar-refractivity contribution in [2.45, 2.75) is 31.7 Å². The van der Waals surface area contributed by atoms with Crippen LogP contribution >= 0.6 is 0 Å². The lowest BCUT2D eigenvalue weighted by atomic mass is 9.81. The van der Waals surface area contributed by atoms with Gasteiger partial charge in [-0.3, -0.25) is 0 Å². The lowest BCUT2D eigenvalue weighted by molar-refractivity contribution is -0.941. The Morgan fingerprint density at radius 3 is 2.47 bits per heavy atom. The lowest BCUT2D eigenvalue weighted by Crippen LogP contribution is -3.18. The largest absolute Gasteiger partial charge is 0.504 e. The molecule has 3 aliphatic heterocycles. The number of rotatable bonds is 2. The maximum absolute atomic E-state index is 9.50. The molecule has 3 nitrogen and oxygen atoms in total. The molecule has 4 rings (SSSR count). The van der Waals surface area contributed by atoms with E-state index in [1.165, 1.54) is 32.4 Å². The zero-order valence-corrected chi connectivity index (χ0v) is 10.0. The summed E-state index contributed by atoms with van der Waals surface area (Å²) in [4.78, 5) is 1.74. The van der Waals surface area contributed by atoms with E-state index in [1.54, 1.807) is 17.0 Å². The first-order valence-corrected chi connectivity index (χ1v) is 6.58. The molecule has 0 aliphatic carbocycles. The minimum Gasteiger partial charge on any atom is -0.504 e. The standard InChI is InChI=1S/C14H19NO2/c16-13-2-1-11(9-14(13)17)8-12-7-10-3-5-15(12)6-4-10/h1-2,9-10,12,16-17H,3-8H2/p+1/t12-/m0/s1. The van der Waals surface area contributed by atoms with Crippen LogP contribution in [0.25, 0.3) is 0 Å². The zero-order chi connectivity index (χ0) is 11.8. The Bertz CT molecular complexity index is 411. The van der Waals surface area contributed by atoms with E-state index >= 15 is 0 Å². The summed E-state index contributed by atoms with van der Waals surface area (Å²) in [6, 6.07) is 5.94. The molecule has 1 atom stereocenters. The molecule has 3 heteroatoms. The van der Waals surface area contributed by atoms with Crippen molar-refractivity contribution in [1.29, 1.82) is 0 Å². The van der Waals surface area contributed by atoms with Gasteiger partial charge in [0, 0.05) is 12.8 Å². The van der Waals surface area contributed by atoms with Gasteiger partial charge < -0.3 is 15.1 Å². The van der Waals surface area contributed by atoms with Gasteiger partial charge in [-0.2, -0.15) is 0 Å². The average Bonchev–Trinajstić information content (AvgIpc) is 2.35. The number of hydrogen-bond acceptors (Lipinski definition) is 2. The van der Waals surface area contributed by atoms with E-state index in [4.69, 9.17) is 0 Å². The van der Waals surface area contributed by atoms with Crippen LogP contribution in [-0.4, -0.2) is 29.3 Å². The maximum Gasteiger partial charge on any atom is 0.157 e. The minimum atomic E-state index is -0.0217. The molecule has 3 saturated heterocycles. The first-order valence-electron chi connectivity index (χ1n) is 6.58. The molecule has 0 spiro atoms. The summed E-state index contributed by atoms with van der Waals surface area (Å²) in [5, 5.41) is 18.8. The third-order valence-corrected chi connectivity index (χ3v) is 4.46. The van der Waals surface area contributed by atoms with Crippen molar-refractivity contribution in [2.75, 3.05) is 13.1 Å². The molecule has 0 unspecified atom stereocenters. The number of nitrogens with one attached hydrogen (secondary N) is 1. The van der Waals surface area contributed by atoms with Crippen molar-refractivity contribution in [3.63, 3.8) is 0 Å². The molecule has 92 valence electrons. The fraction of sp³-hybridized carbons (Fsp3) is 0.571. The molecular formula is C14H20NO2+. The fourth-order valence-corrected chi connectivity index (χ4v) is 3.47. The average molecular weight is 234 g/mol. The number of fused-ring (bicyclic) bond motifs is 3. The molecule has 0 aromatic heterocycles. The molecule has 0 saturated carbocycles. The highest BCUT2D eigenvalue weighted by atomic mass is 16.3. The van der Waals surface area contributed by atoms with Crippen molar-refractivity contribution < 1.29 is 15.1 Å². The quantitative estimate of drug-likeness (QED) is 0.660. The van der Waals surface area contributed by atoms with Crippen LogP contribution in [0.5, 0.6) is 11.5 Å². The maximum atomic E-state index is 9.50. The molecular weight excluding hydrogens is 214 g/mol. The number of hydrogen-bond donors (Lipinski definition) is 3. The summed E-state index contributed by atoms with van der Waals surface area (Å²) in [5.74, 6) is 0.920. The van der Waals surface area contributed by atoms with Crippen molar-refractivity contribution in [2.24, 2.45) is 5.92 Å². The van der Waals surface area contributed by atoms with Gasteiger partial charge >= 0.3 is 0 Å². The Labute approximate surface area is 102 Å². The van der Waals surface area contributed by atoms with Crippen LogP contribution in [0.2, 0.25) is 0 Å². The highest BCUT2D eigenvalue weighted by Gasteiger charge is 2.36. The molecule has 3 N–H and O–H groups in total. The second-order valence-corrected chi connectivity index (χ2v) is 5.56. The molecule has 3 aliphatic rings. The van der Waals surface area contributed by atoms with Crippen LogP contribution in [0.1, 0.15) is 24.8 Å². The van der Waals surface area contributed by atoms with Crippen LogP contribution in [0.3, 0.4) is 0 Å². The molecule has 2 bridgehead atoms. The number of phenolic OH excluding ortho intramolecular Hbond substituents is 2. The first-order chi connectivity index (χ1) is 8.22. The van der Waals surface area contributed by atoms with Crippen LogP contribution in [0, 0.1) is 5.92 Å². The number of phenols is 2. The molecule has 0 radical (unpaired) electrons. The Morgan fingerprint density at radius 1 is 1.12 bits per heavy atom. The summed E-state index contributed by atoms with van der Waals surface area (Å²) in [6.45, 7) is 2.64. The van der Waals surface area contributed by atoms with Crippen molar-refractivity contribution in [3.8, 4) is 11.5 Å². The number of benzene rings is 1. The Kier molecular flexibility index (Phi) is 2.71. The predicted molar refractivity (Wildman–Crippen MR) is 65.3 cm³/mol. The predicted octanol–water partition coefficient (Wildman–Crippen LogP) is 0.707. The number of piperidine rings is 3. The first kappa shape index (κ1) is 10.9. The summed E-state index contributed by atoms with van der Waals surface area (Å²) in [5.41, 5.74) is 1.14. The Morgan fingerprint density at radius 2 is 1.88 bits per heavy atom. The topological polar surface area (TPSA) is 44.9 Å². The highest BCUT2D eigenvalue weighted by molar-refractivity contribution is 5.40. The van der Waals surface area contributed by atoms with Crippen molar-refractivity contribution >= 4 is 0 Å². The minimum absolute atomic E-state index is 0.00784. The summed E-state index contributed by atoms with van der Waals surface area (Å²) in [7, 11) is 0. The molecule has 0 amide bonds. The van der Waals surface area contributed by atoms with E-state index in [2.05, 4.69) is 0 Å². The van der Waals surface area contributed by atoms with E-state index < -0.39 is 0 Å². The van der Waals surface area contributed by atoms with Gasteiger partial charge in [-0.25, -0.2) is 0 Å². The van der Waals surface area contributed by atoms with Gasteiger partial charge in [-0.15, -0.1) is 0 Å². The van der Waals surface area contributed by atoms with Crippen LogP contribution in [0.4, 0.5) is 0 Å². The SMILES string of the molecule is Oc1ccc(C[C@@H]2CC3CC[NH+]2CC3)cc1O. The van der Waals surface area contributed by atoms with Gasteiger partial charge in [-0.1, -0.05) is 6.07 Å². The second-order valence-electron chi connectivity index (χ2n) is 5.56. The highest BCUT2D eigenvalue weighted by Crippen LogP contribution is 2.27.